The first kappa shape index (κ1) is 18.9. The molecule has 0 bridgehead atoms. The van der Waals surface area contributed by atoms with Crippen molar-refractivity contribution < 1.29 is 17.6 Å². The summed E-state index contributed by atoms with van der Waals surface area (Å²) in [6, 6.07) is 7.93. The summed E-state index contributed by atoms with van der Waals surface area (Å²) in [5, 5.41) is 2.70. The molecule has 134 valence electrons. The third kappa shape index (κ3) is 4.76. The second-order valence-electron chi connectivity index (χ2n) is 5.51. The average molecular weight is 365 g/mol. The van der Waals surface area contributed by atoms with E-state index in [1.807, 2.05) is 0 Å². The van der Waals surface area contributed by atoms with Crippen LogP contribution in [-0.2, 0) is 21.4 Å². The number of carbonyl (C=O) groups is 1. The Hall–Kier alpha value is -2.48. The maximum absolute atomic E-state index is 14.1. The number of sulfonamides is 1. The summed E-state index contributed by atoms with van der Waals surface area (Å²) in [4.78, 5) is 16.5. The fourth-order valence-corrected chi connectivity index (χ4v) is 3.69. The number of carbonyl (C=O) groups excluding carboxylic acids is 1. The molecule has 2 aromatic rings. The van der Waals surface area contributed by atoms with Gasteiger partial charge in [-0.15, -0.1) is 0 Å². The molecule has 1 aromatic carbocycles. The summed E-state index contributed by atoms with van der Waals surface area (Å²) in [5.41, 5.74) is 0.686. The molecule has 0 saturated heterocycles. The van der Waals surface area contributed by atoms with Gasteiger partial charge in [-0.1, -0.05) is 19.1 Å². The first-order valence-electron chi connectivity index (χ1n) is 7.75. The number of nitrogens with zero attached hydrogens (tertiary/aromatic N) is 2. The van der Waals surface area contributed by atoms with Crippen molar-refractivity contribution in [3.63, 3.8) is 0 Å². The van der Waals surface area contributed by atoms with Crippen LogP contribution in [-0.4, -0.2) is 31.6 Å². The standard InChI is InChI=1S/C17H20FN3O3S/c1-3-15(17(22)20-12-13-8-10-19-11-9-13)21(25(2,23)24)16-7-5-4-6-14(16)18/h4-11,15H,3,12H2,1-2H3,(H,20,22)/t15-/m0/s1. The Balaban J connectivity index is 2.27. The van der Waals surface area contributed by atoms with Crippen LogP contribution >= 0.6 is 0 Å². The Labute approximate surface area is 146 Å². The number of rotatable bonds is 7. The lowest BCUT2D eigenvalue weighted by molar-refractivity contribution is -0.122. The Morgan fingerprint density at radius 2 is 1.88 bits per heavy atom. The van der Waals surface area contributed by atoms with Gasteiger partial charge in [0, 0.05) is 18.9 Å². The van der Waals surface area contributed by atoms with Crippen molar-refractivity contribution in [2.75, 3.05) is 10.6 Å². The quantitative estimate of drug-likeness (QED) is 0.815. The van der Waals surface area contributed by atoms with E-state index in [2.05, 4.69) is 10.3 Å². The number of benzene rings is 1. The van der Waals surface area contributed by atoms with E-state index in [0.717, 1.165) is 22.2 Å². The average Bonchev–Trinajstić information content (AvgIpc) is 2.58. The molecule has 0 radical (unpaired) electrons. The Morgan fingerprint density at radius 3 is 2.44 bits per heavy atom. The monoisotopic (exact) mass is 365 g/mol. The second-order valence-corrected chi connectivity index (χ2v) is 7.37. The van der Waals surface area contributed by atoms with Gasteiger partial charge >= 0.3 is 0 Å². The third-order valence-electron chi connectivity index (χ3n) is 3.64. The topological polar surface area (TPSA) is 79.4 Å². The normalized spacial score (nSPS) is 12.4. The lowest BCUT2D eigenvalue weighted by atomic mass is 10.1. The minimum atomic E-state index is -3.86. The van der Waals surface area contributed by atoms with E-state index >= 15 is 0 Å². The molecule has 6 nitrogen and oxygen atoms in total. The Kier molecular flexibility index (Phi) is 6.08. The van der Waals surface area contributed by atoms with E-state index in [1.54, 1.807) is 31.5 Å². The van der Waals surface area contributed by atoms with E-state index in [4.69, 9.17) is 0 Å². The van der Waals surface area contributed by atoms with E-state index in [0.29, 0.717) is 0 Å². The van der Waals surface area contributed by atoms with Gasteiger partial charge in [0.05, 0.1) is 11.9 Å². The largest absolute Gasteiger partial charge is 0.350 e. The number of hydrogen-bond donors (Lipinski definition) is 1. The summed E-state index contributed by atoms with van der Waals surface area (Å²) in [5.74, 6) is -1.19. The van der Waals surface area contributed by atoms with Crippen molar-refractivity contribution in [3.05, 3.63) is 60.2 Å². The number of hydrogen-bond acceptors (Lipinski definition) is 4. The molecule has 1 N–H and O–H groups in total. The highest BCUT2D eigenvalue weighted by molar-refractivity contribution is 7.92. The van der Waals surface area contributed by atoms with Gasteiger partial charge in [-0.2, -0.15) is 0 Å². The van der Waals surface area contributed by atoms with Gasteiger partial charge in [-0.25, -0.2) is 12.8 Å². The molecule has 0 aliphatic heterocycles. The van der Waals surface area contributed by atoms with Crippen molar-refractivity contribution in [2.45, 2.75) is 25.9 Å². The maximum atomic E-state index is 14.1. The van der Waals surface area contributed by atoms with Crippen molar-refractivity contribution in [2.24, 2.45) is 0 Å². The van der Waals surface area contributed by atoms with Crippen LogP contribution in [0.1, 0.15) is 18.9 Å². The van der Waals surface area contributed by atoms with Gasteiger partial charge in [0.15, 0.2) is 0 Å². The highest BCUT2D eigenvalue weighted by atomic mass is 32.2. The molecule has 0 saturated carbocycles. The summed E-state index contributed by atoms with van der Waals surface area (Å²) in [7, 11) is -3.86. The summed E-state index contributed by atoms with van der Waals surface area (Å²) in [6.07, 6.45) is 4.35. The van der Waals surface area contributed by atoms with Crippen LogP contribution in [0.5, 0.6) is 0 Å². The van der Waals surface area contributed by atoms with Gasteiger partial charge in [-0.3, -0.25) is 14.1 Å². The predicted octanol–water partition coefficient (Wildman–Crippen LogP) is 2.08. The number of aromatic nitrogens is 1. The van der Waals surface area contributed by atoms with Crippen LogP contribution in [0.25, 0.3) is 0 Å². The zero-order valence-corrected chi connectivity index (χ0v) is 14.8. The second kappa shape index (κ2) is 8.06. The SMILES string of the molecule is CC[C@@H](C(=O)NCc1ccncc1)N(c1ccccc1F)S(C)(=O)=O. The number of nitrogens with one attached hydrogen (secondary N) is 1. The number of halogens is 1. The molecule has 0 fully saturated rings. The van der Waals surface area contributed by atoms with Gasteiger partial charge < -0.3 is 5.32 Å². The maximum Gasteiger partial charge on any atom is 0.244 e. The van der Waals surface area contributed by atoms with Crippen molar-refractivity contribution in [3.8, 4) is 0 Å². The molecular weight excluding hydrogens is 345 g/mol. The fourth-order valence-electron chi connectivity index (χ4n) is 2.47. The smallest absolute Gasteiger partial charge is 0.244 e. The zero-order valence-electron chi connectivity index (χ0n) is 14.0. The molecule has 8 heteroatoms. The van der Waals surface area contributed by atoms with Crippen LogP contribution in [0.3, 0.4) is 0 Å². The Morgan fingerprint density at radius 1 is 1.24 bits per heavy atom. The van der Waals surface area contributed by atoms with Crippen LogP contribution in [0.4, 0.5) is 10.1 Å². The van der Waals surface area contributed by atoms with Gasteiger partial charge in [0.25, 0.3) is 0 Å². The number of anilines is 1. The van der Waals surface area contributed by atoms with E-state index in [1.165, 1.54) is 18.2 Å². The molecule has 1 heterocycles. The first-order valence-corrected chi connectivity index (χ1v) is 9.60. The van der Waals surface area contributed by atoms with Crippen LogP contribution in [0, 0.1) is 5.82 Å². The zero-order chi connectivity index (χ0) is 18.4. The number of amides is 1. The van der Waals surface area contributed by atoms with Crippen LogP contribution < -0.4 is 9.62 Å². The first-order chi connectivity index (χ1) is 11.8. The minimum Gasteiger partial charge on any atom is -0.350 e. The summed E-state index contributed by atoms with van der Waals surface area (Å²) < 4.78 is 39.4. The molecule has 1 aromatic heterocycles. The van der Waals surface area contributed by atoms with Crippen molar-refractivity contribution in [1.29, 1.82) is 0 Å². The van der Waals surface area contributed by atoms with Gasteiger partial charge in [-0.05, 0) is 36.2 Å². The molecular formula is C17H20FN3O3S. The fraction of sp³-hybridized carbons (Fsp3) is 0.294. The number of para-hydroxylation sites is 1. The van der Waals surface area contributed by atoms with Gasteiger partial charge in [0.2, 0.25) is 15.9 Å². The number of pyridine rings is 1. The molecule has 1 amide bonds. The van der Waals surface area contributed by atoms with E-state index in [9.17, 15) is 17.6 Å². The van der Waals surface area contributed by atoms with Crippen LogP contribution in [0.15, 0.2) is 48.8 Å². The van der Waals surface area contributed by atoms with Crippen molar-refractivity contribution >= 4 is 21.6 Å². The molecule has 1 atom stereocenters. The minimum absolute atomic E-state index is 0.143. The lowest BCUT2D eigenvalue weighted by Gasteiger charge is -2.30. The van der Waals surface area contributed by atoms with Gasteiger partial charge in [0.1, 0.15) is 11.9 Å². The molecule has 2 rings (SSSR count). The van der Waals surface area contributed by atoms with Crippen molar-refractivity contribution in [1.82, 2.24) is 10.3 Å². The Bertz CT molecular complexity index is 828. The van der Waals surface area contributed by atoms with Crippen LogP contribution in [0.2, 0.25) is 0 Å². The highest BCUT2D eigenvalue weighted by Crippen LogP contribution is 2.25. The lowest BCUT2D eigenvalue weighted by Crippen LogP contribution is -2.49. The molecule has 0 aliphatic rings. The third-order valence-corrected chi connectivity index (χ3v) is 4.80. The molecule has 25 heavy (non-hydrogen) atoms. The molecule has 0 unspecified atom stereocenters. The molecule has 0 aliphatic carbocycles. The van der Waals surface area contributed by atoms with E-state index < -0.39 is 27.8 Å². The predicted molar refractivity (Wildman–Crippen MR) is 93.9 cm³/mol. The highest BCUT2D eigenvalue weighted by Gasteiger charge is 2.32. The summed E-state index contributed by atoms with van der Waals surface area (Å²) in [6.45, 7) is 1.91. The summed E-state index contributed by atoms with van der Waals surface area (Å²) >= 11 is 0. The van der Waals surface area contributed by atoms with E-state index in [-0.39, 0.29) is 18.7 Å². The molecule has 0 spiro atoms.